The minimum Gasteiger partial charge on any atom is -0.494 e. The second-order valence-electron chi connectivity index (χ2n) is 10.9. The predicted molar refractivity (Wildman–Crippen MR) is 173 cm³/mol. The number of hydrogen-bond acceptors (Lipinski definition) is 8. The van der Waals surface area contributed by atoms with Gasteiger partial charge in [0.2, 0.25) is 5.90 Å². The number of benzene rings is 4. The fourth-order valence-corrected chi connectivity index (χ4v) is 6.60. The van der Waals surface area contributed by atoms with Gasteiger partial charge in [0.15, 0.2) is 33.1 Å². The van der Waals surface area contributed by atoms with Crippen molar-refractivity contribution in [2.75, 3.05) is 19.0 Å². The topological polar surface area (TPSA) is 163 Å². The SMILES string of the molecule is [N-]=[N+]=Nc1ccccc1[C@H]1OC(c2ccc(OCCCO)cc2)=N[C@@]1(CCS(=O)(=O)c1ccccc1)C(=O)NCc1ccc(F)c(F)c1. The highest BCUT2D eigenvalue weighted by Gasteiger charge is 2.54. The van der Waals surface area contributed by atoms with Crippen LogP contribution in [0.3, 0.4) is 0 Å². The Hall–Kier alpha value is -5.30. The van der Waals surface area contributed by atoms with Crippen LogP contribution in [0.4, 0.5) is 14.5 Å². The Morgan fingerprint density at radius 3 is 2.46 bits per heavy atom. The number of carbonyl (C=O) groups is 1. The molecule has 0 aromatic heterocycles. The number of rotatable bonds is 14. The quantitative estimate of drug-likeness (QED) is 0.0710. The first-order valence-corrected chi connectivity index (χ1v) is 16.6. The number of nitrogens with one attached hydrogen (secondary N) is 1. The molecule has 1 amide bonds. The van der Waals surface area contributed by atoms with Crippen molar-refractivity contribution >= 4 is 27.3 Å². The van der Waals surface area contributed by atoms with Crippen molar-refractivity contribution < 1.29 is 36.6 Å². The van der Waals surface area contributed by atoms with Gasteiger partial charge in [-0.1, -0.05) is 53.6 Å². The fraction of sp³-hybridized carbons (Fsp3) is 0.235. The van der Waals surface area contributed by atoms with Gasteiger partial charge < -0.3 is 19.9 Å². The summed E-state index contributed by atoms with van der Waals surface area (Å²) in [7, 11) is -3.93. The van der Waals surface area contributed by atoms with E-state index in [4.69, 9.17) is 19.6 Å². The highest BCUT2D eigenvalue weighted by atomic mass is 32.2. The lowest BCUT2D eigenvalue weighted by atomic mass is 9.84. The number of aliphatic hydroxyl groups is 1. The maximum Gasteiger partial charge on any atom is 0.252 e. The molecule has 0 unspecified atom stereocenters. The van der Waals surface area contributed by atoms with Crippen LogP contribution in [0.2, 0.25) is 0 Å². The van der Waals surface area contributed by atoms with Gasteiger partial charge in [-0.2, -0.15) is 0 Å². The van der Waals surface area contributed by atoms with Crippen LogP contribution in [0.5, 0.6) is 5.75 Å². The molecule has 1 aliphatic rings. The van der Waals surface area contributed by atoms with Crippen LogP contribution in [0.15, 0.2) is 112 Å². The molecule has 2 atom stereocenters. The Morgan fingerprint density at radius 2 is 1.75 bits per heavy atom. The molecule has 0 radical (unpaired) electrons. The summed E-state index contributed by atoms with van der Waals surface area (Å²) in [5.74, 6) is -2.90. The number of azide groups is 1. The van der Waals surface area contributed by atoms with E-state index in [-0.39, 0.29) is 47.2 Å². The Morgan fingerprint density at radius 1 is 1.02 bits per heavy atom. The maximum absolute atomic E-state index is 14.4. The Balaban J connectivity index is 1.59. The smallest absolute Gasteiger partial charge is 0.252 e. The third-order valence-electron chi connectivity index (χ3n) is 7.69. The number of amides is 1. The van der Waals surface area contributed by atoms with E-state index in [9.17, 15) is 27.5 Å². The van der Waals surface area contributed by atoms with Gasteiger partial charge in [0.25, 0.3) is 5.91 Å². The van der Waals surface area contributed by atoms with Gasteiger partial charge in [-0.15, -0.1) is 0 Å². The Labute approximate surface area is 275 Å². The Bertz CT molecular complexity index is 1950. The molecule has 0 bridgehead atoms. The van der Waals surface area contributed by atoms with Crippen molar-refractivity contribution in [1.82, 2.24) is 5.32 Å². The Kier molecular flexibility index (Phi) is 10.7. The minimum absolute atomic E-state index is 0.0118. The van der Waals surface area contributed by atoms with E-state index < -0.39 is 44.8 Å². The van der Waals surface area contributed by atoms with E-state index in [1.54, 1.807) is 60.7 Å². The number of aliphatic hydroxyl groups excluding tert-OH is 1. The summed E-state index contributed by atoms with van der Waals surface area (Å²) in [4.78, 5) is 22.1. The van der Waals surface area contributed by atoms with E-state index in [2.05, 4.69) is 15.3 Å². The monoisotopic (exact) mass is 675 g/mol. The first kappa shape index (κ1) is 34.0. The molecule has 0 saturated carbocycles. The van der Waals surface area contributed by atoms with Gasteiger partial charge in [0.1, 0.15) is 5.75 Å². The molecule has 48 heavy (non-hydrogen) atoms. The van der Waals surface area contributed by atoms with Gasteiger partial charge in [-0.25, -0.2) is 22.2 Å². The summed E-state index contributed by atoms with van der Waals surface area (Å²) in [5.41, 5.74) is 8.46. The van der Waals surface area contributed by atoms with Crippen molar-refractivity contribution in [3.8, 4) is 5.75 Å². The number of halogens is 2. The highest BCUT2D eigenvalue weighted by molar-refractivity contribution is 7.91. The zero-order valence-electron chi connectivity index (χ0n) is 25.5. The summed E-state index contributed by atoms with van der Waals surface area (Å²) < 4.78 is 66.6. The number of ether oxygens (including phenoxy) is 2. The van der Waals surface area contributed by atoms with E-state index in [0.29, 0.717) is 24.3 Å². The van der Waals surface area contributed by atoms with Crippen LogP contribution >= 0.6 is 0 Å². The molecule has 1 aliphatic heterocycles. The summed E-state index contributed by atoms with van der Waals surface area (Å²) in [6.07, 6.45) is -1.20. The van der Waals surface area contributed by atoms with E-state index in [0.717, 1.165) is 12.1 Å². The van der Waals surface area contributed by atoms with Crippen LogP contribution in [0, 0.1) is 11.6 Å². The molecule has 1 heterocycles. The number of hydrogen-bond donors (Lipinski definition) is 2. The van der Waals surface area contributed by atoms with Gasteiger partial charge in [-0.3, -0.25) is 4.79 Å². The zero-order valence-corrected chi connectivity index (χ0v) is 26.3. The van der Waals surface area contributed by atoms with Crippen molar-refractivity contribution in [1.29, 1.82) is 0 Å². The van der Waals surface area contributed by atoms with Crippen molar-refractivity contribution in [3.63, 3.8) is 0 Å². The first-order chi connectivity index (χ1) is 23.2. The average molecular weight is 676 g/mol. The van der Waals surface area contributed by atoms with E-state index in [1.165, 1.54) is 24.3 Å². The van der Waals surface area contributed by atoms with E-state index in [1.807, 2.05) is 0 Å². The van der Waals surface area contributed by atoms with Gasteiger partial charge >= 0.3 is 0 Å². The second-order valence-corrected chi connectivity index (χ2v) is 13.0. The number of aliphatic imine (C=N–C) groups is 1. The van der Waals surface area contributed by atoms with Crippen LogP contribution in [0.25, 0.3) is 10.4 Å². The van der Waals surface area contributed by atoms with Gasteiger partial charge in [0.05, 0.1) is 17.3 Å². The van der Waals surface area contributed by atoms with Crippen molar-refractivity contribution in [3.05, 3.63) is 136 Å². The largest absolute Gasteiger partial charge is 0.494 e. The van der Waals surface area contributed by atoms with E-state index >= 15 is 0 Å². The van der Waals surface area contributed by atoms with Crippen molar-refractivity contribution in [2.45, 2.75) is 35.9 Å². The lowest BCUT2D eigenvalue weighted by molar-refractivity contribution is -0.129. The summed E-state index contributed by atoms with van der Waals surface area (Å²) >= 11 is 0. The zero-order chi connectivity index (χ0) is 34.1. The molecule has 5 rings (SSSR count). The third kappa shape index (κ3) is 7.63. The molecule has 0 saturated heterocycles. The molecule has 0 fully saturated rings. The summed E-state index contributed by atoms with van der Waals surface area (Å²) in [5, 5.41) is 15.5. The normalized spacial score (nSPS) is 17.1. The number of sulfone groups is 1. The highest BCUT2D eigenvalue weighted by Crippen LogP contribution is 2.46. The fourth-order valence-electron chi connectivity index (χ4n) is 5.22. The predicted octanol–water partition coefficient (Wildman–Crippen LogP) is 6.11. The minimum atomic E-state index is -3.93. The molecule has 248 valence electrons. The molecule has 2 N–H and O–H groups in total. The maximum atomic E-state index is 14.4. The molecular weight excluding hydrogens is 644 g/mol. The lowest BCUT2D eigenvalue weighted by Gasteiger charge is -2.31. The van der Waals surface area contributed by atoms with Crippen molar-refractivity contribution in [2.24, 2.45) is 10.1 Å². The lowest BCUT2D eigenvalue weighted by Crippen LogP contribution is -2.49. The first-order valence-electron chi connectivity index (χ1n) is 14.9. The van der Waals surface area contributed by atoms with Crippen LogP contribution in [-0.4, -0.2) is 49.8 Å². The molecule has 0 aliphatic carbocycles. The summed E-state index contributed by atoms with van der Waals surface area (Å²) in [6.45, 7) is 0.0308. The molecule has 11 nitrogen and oxygen atoms in total. The summed E-state index contributed by atoms with van der Waals surface area (Å²) in [6, 6.07) is 24.0. The molecule has 0 spiro atoms. The average Bonchev–Trinajstić information content (AvgIpc) is 3.50. The van der Waals surface area contributed by atoms with Gasteiger partial charge in [-0.05, 0) is 59.6 Å². The molecular formula is C34H31F2N5O6S. The number of carbonyl (C=O) groups excluding carboxylic acids is 1. The third-order valence-corrected chi connectivity index (χ3v) is 9.42. The van der Waals surface area contributed by atoms with Crippen LogP contribution in [-0.2, 0) is 25.9 Å². The molecule has 4 aromatic carbocycles. The second kappa shape index (κ2) is 15.1. The number of nitrogens with zero attached hydrogens (tertiary/aromatic N) is 4. The molecule has 4 aromatic rings. The van der Waals surface area contributed by atoms with Gasteiger partial charge in [0, 0.05) is 47.7 Å². The van der Waals surface area contributed by atoms with Crippen LogP contribution < -0.4 is 10.1 Å². The standard InChI is InChI=1S/C34H31F2N5O6S/c35-28-16-11-23(21-29(28)36)22-38-33(43)34(17-20-48(44,45)26-7-2-1-3-8-26)31(27-9-4-5-10-30(27)40-41-37)47-32(39-34)24-12-14-25(15-13-24)46-19-6-18-42/h1-5,7-16,21,31,42H,6,17-20,22H2,(H,38,43)/t31-,34-/m1/s1. The van der Waals surface area contributed by atoms with Crippen LogP contribution in [0.1, 0.15) is 35.6 Å². The molecule has 14 heteroatoms.